The molecule has 1 amide bonds. The summed E-state index contributed by atoms with van der Waals surface area (Å²) in [5.74, 6) is 0.178. The lowest BCUT2D eigenvalue weighted by atomic mass is 10.2. The summed E-state index contributed by atoms with van der Waals surface area (Å²) >= 11 is 1.12. The highest BCUT2D eigenvalue weighted by Gasteiger charge is 2.32. The monoisotopic (exact) mass is 497 g/mol. The van der Waals surface area contributed by atoms with E-state index in [-0.39, 0.29) is 23.0 Å². The number of hydrogen-bond acceptors (Lipinski definition) is 6. The second kappa shape index (κ2) is 10.6. The number of Topliss-reactive ketones (excluding diaryl/α,β-unsaturated/α-hetero) is 1. The van der Waals surface area contributed by atoms with Gasteiger partial charge < -0.3 is 14.0 Å². The number of aliphatic imine (C=N–C) groups is 1. The number of hydrogen-bond donors (Lipinski definition) is 0. The van der Waals surface area contributed by atoms with E-state index >= 15 is 0 Å². The van der Waals surface area contributed by atoms with Crippen molar-refractivity contribution in [2.24, 2.45) is 12.0 Å². The maximum Gasteiger partial charge on any atom is 0.387 e. The number of aromatic nitrogens is 1. The Hall–Kier alpha value is -3.92. The lowest BCUT2D eigenvalue weighted by Crippen LogP contribution is -2.30. The molecule has 35 heavy (non-hydrogen) atoms. The van der Waals surface area contributed by atoms with E-state index in [2.05, 4.69) is 9.73 Å². The van der Waals surface area contributed by atoms with Crippen LogP contribution in [0.25, 0.3) is 6.08 Å². The third-order valence-electron chi connectivity index (χ3n) is 5.13. The number of thioether (sulfide) groups is 1. The predicted molar refractivity (Wildman–Crippen MR) is 131 cm³/mol. The molecule has 0 saturated heterocycles. The van der Waals surface area contributed by atoms with Crippen molar-refractivity contribution < 1.29 is 27.8 Å². The second-order valence-electron chi connectivity index (χ2n) is 7.43. The maximum absolute atomic E-state index is 13.3. The minimum atomic E-state index is -2.95. The van der Waals surface area contributed by atoms with Crippen molar-refractivity contribution in [3.8, 4) is 11.5 Å². The molecule has 10 heteroatoms. The van der Waals surface area contributed by atoms with Crippen LogP contribution in [0.1, 0.15) is 16.1 Å². The van der Waals surface area contributed by atoms with E-state index in [1.807, 2.05) is 0 Å². The number of rotatable bonds is 8. The number of halogens is 2. The third kappa shape index (κ3) is 5.60. The first-order chi connectivity index (χ1) is 16.9. The number of ether oxygens (including phenoxy) is 2. The van der Waals surface area contributed by atoms with Crippen molar-refractivity contribution in [2.75, 3.05) is 17.8 Å². The van der Waals surface area contributed by atoms with E-state index in [0.29, 0.717) is 22.3 Å². The van der Waals surface area contributed by atoms with E-state index < -0.39 is 12.5 Å². The Kier molecular flexibility index (Phi) is 7.31. The van der Waals surface area contributed by atoms with E-state index in [0.717, 1.165) is 17.3 Å². The SMILES string of the molecule is COc1ccc(/C=C2\N=C(SCC(=O)c3cccn3C)N(c3ccc(OC(F)F)cc3)C2=O)cc1. The molecule has 2 heterocycles. The van der Waals surface area contributed by atoms with Crippen LogP contribution in [0.15, 0.2) is 77.5 Å². The summed E-state index contributed by atoms with van der Waals surface area (Å²) in [6.45, 7) is -2.95. The Morgan fingerprint density at radius 3 is 2.37 bits per heavy atom. The number of anilines is 1. The number of methoxy groups -OCH3 is 1. The van der Waals surface area contributed by atoms with Gasteiger partial charge in [0.05, 0.1) is 24.2 Å². The number of alkyl halides is 2. The minimum absolute atomic E-state index is 0.0329. The van der Waals surface area contributed by atoms with Crippen molar-refractivity contribution in [1.29, 1.82) is 0 Å². The molecule has 1 aromatic heterocycles. The molecule has 0 atom stereocenters. The molecule has 0 radical (unpaired) electrons. The third-order valence-corrected chi connectivity index (χ3v) is 6.07. The van der Waals surface area contributed by atoms with Gasteiger partial charge in [-0.05, 0) is 60.2 Å². The van der Waals surface area contributed by atoms with Crippen LogP contribution < -0.4 is 14.4 Å². The summed E-state index contributed by atoms with van der Waals surface area (Å²) in [5.41, 5.74) is 1.87. The molecule has 1 aliphatic rings. The summed E-state index contributed by atoms with van der Waals surface area (Å²) in [6.07, 6.45) is 3.41. The molecule has 0 saturated carbocycles. The van der Waals surface area contributed by atoms with Crippen molar-refractivity contribution >= 4 is 40.4 Å². The quantitative estimate of drug-likeness (QED) is 0.324. The molecule has 0 aliphatic carbocycles. The zero-order chi connectivity index (χ0) is 24.9. The first kappa shape index (κ1) is 24.2. The number of carbonyl (C=O) groups excluding carboxylic acids is 2. The normalized spacial score (nSPS) is 14.5. The highest BCUT2D eigenvalue weighted by atomic mass is 32.2. The second-order valence-corrected chi connectivity index (χ2v) is 8.37. The smallest absolute Gasteiger partial charge is 0.387 e. The molecule has 4 rings (SSSR count). The number of nitrogens with zero attached hydrogens (tertiary/aromatic N) is 3. The summed E-state index contributed by atoms with van der Waals surface area (Å²) in [6, 6.07) is 16.3. The Labute approximate surface area is 204 Å². The van der Waals surface area contributed by atoms with Crippen molar-refractivity contribution in [2.45, 2.75) is 6.61 Å². The van der Waals surface area contributed by atoms with Crippen LogP contribution in [0.4, 0.5) is 14.5 Å². The van der Waals surface area contributed by atoms with Crippen LogP contribution in [0.2, 0.25) is 0 Å². The summed E-state index contributed by atoms with van der Waals surface area (Å²) in [5, 5.41) is 0.305. The highest BCUT2D eigenvalue weighted by Crippen LogP contribution is 2.31. The van der Waals surface area contributed by atoms with Gasteiger partial charge >= 0.3 is 6.61 Å². The fourth-order valence-electron chi connectivity index (χ4n) is 3.41. The topological polar surface area (TPSA) is 73.1 Å². The standard InChI is InChI=1S/C25H21F2N3O4S/c1-29-13-3-4-21(29)22(31)15-35-25-28-20(14-16-5-9-18(33-2)10-6-16)23(32)30(25)17-7-11-19(12-8-17)34-24(26)27/h3-14,24H,15H2,1-2H3/b20-14-. The fraction of sp³-hybridized carbons (Fsp3) is 0.160. The summed E-state index contributed by atoms with van der Waals surface area (Å²) in [7, 11) is 3.34. The molecule has 0 N–H and O–H groups in total. The molecule has 0 bridgehead atoms. The number of ketones is 1. The van der Waals surface area contributed by atoms with Gasteiger partial charge in [-0.25, -0.2) is 4.99 Å². The molecular formula is C25H21F2N3O4S. The van der Waals surface area contributed by atoms with Gasteiger partial charge in [-0.3, -0.25) is 14.5 Å². The first-order valence-corrected chi connectivity index (χ1v) is 11.5. The Balaban J connectivity index is 1.62. The van der Waals surface area contributed by atoms with Crippen LogP contribution in [0, 0.1) is 0 Å². The minimum Gasteiger partial charge on any atom is -0.497 e. The fourth-order valence-corrected chi connectivity index (χ4v) is 4.30. The van der Waals surface area contributed by atoms with Gasteiger partial charge in [-0.1, -0.05) is 23.9 Å². The molecule has 3 aromatic rings. The Bertz CT molecular complexity index is 1280. The van der Waals surface area contributed by atoms with Crippen molar-refractivity contribution in [3.05, 3.63) is 83.8 Å². The average Bonchev–Trinajstić information content (AvgIpc) is 3.41. The van der Waals surface area contributed by atoms with Gasteiger partial charge in [0.1, 0.15) is 17.2 Å². The largest absolute Gasteiger partial charge is 0.497 e. The van der Waals surface area contributed by atoms with Crippen LogP contribution in [-0.4, -0.2) is 40.9 Å². The number of amides is 1. The van der Waals surface area contributed by atoms with Crippen LogP contribution in [0.3, 0.4) is 0 Å². The van der Waals surface area contributed by atoms with E-state index in [1.54, 1.807) is 67.4 Å². The zero-order valence-electron chi connectivity index (χ0n) is 18.9. The Morgan fingerprint density at radius 2 is 1.77 bits per heavy atom. The predicted octanol–water partition coefficient (Wildman–Crippen LogP) is 4.99. The van der Waals surface area contributed by atoms with E-state index in [4.69, 9.17) is 4.74 Å². The molecule has 0 spiro atoms. The van der Waals surface area contributed by atoms with E-state index in [1.165, 1.54) is 29.2 Å². The number of amidine groups is 1. The van der Waals surface area contributed by atoms with Crippen LogP contribution in [0.5, 0.6) is 11.5 Å². The van der Waals surface area contributed by atoms with Gasteiger partial charge in [-0.15, -0.1) is 0 Å². The summed E-state index contributed by atoms with van der Waals surface area (Å²) in [4.78, 5) is 31.8. The van der Waals surface area contributed by atoms with Gasteiger partial charge in [-0.2, -0.15) is 8.78 Å². The number of aryl methyl sites for hydroxylation is 1. The highest BCUT2D eigenvalue weighted by molar-refractivity contribution is 8.14. The van der Waals surface area contributed by atoms with Gasteiger partial charge in [0.15, 0.2) is 11.0 Å². The lowest BCUT2D eigenvalue weighted by Gasteiger charge is -2.18. The van der Waals surface area contributed by atoms with Crippen molar-refractivity contribution in [1.82, 2.24) is 4.57 Å². The molecule has 1 aliphatic heterocycles. The first-order valence-electron chi connectivity index (χ1n) is 10.5. The molecule has 0 fully saturated rings. The molecular weight excluding hydrogens is 476 g/mol. The lowest BCUT2D eigenvalue weighted by molar-refractivity contribution is -0.113. The van der Waals surface area contributed by atoms with E-state index in [9.17, 15) is 18.4 Å². The van der Waals surface area contributed by atoms with Crippen LogP contribution >= 0.6 is 11.8 Å². The van der Waals surface area contributed by atoms with Crippen molar-refractivity contribution in [3.63, 3.8) is 0 Å². The molecule has 180 valence electrons. The number of benzene rings is 2. The van der Waals surface area contributed by atoms with Crippen LogP contribution in [-0.2, 0) is 11.8 Å². The van der Waals surface area contributed by atoms with Gasteiger partial charge in [0.2, 0.25) is 0 Å². The average molecular weight is 498 g/mol. The summed E-state index contributed by atoms with van der Waals surface area (Å²) < 4.78 is 36.3. The number of carbonyl (C=O) groups is 2. The Morgan fingerprint density at radius 1 is 1.09 bits per heavy atom. The molecule has 0 unspecified atom stereocenters. The molecule has 7 nitrogen and oxygen atoms in total. The maximum atomic E-state index is 13.3. The molecule has 2 aromatic carbocycles. The zero-order valence-corrected chi connectivity index (χ0v) is 19.7. The van der Waals surface area contributed by atoms with Gasteiger partial charge in [0, 0.05) is 13.2 Å². The van der Waals surface area contributed by atoms with Gasteiger partial charge in [0.25, 0.3) is 5.91 Å².